The van der Waals surface area contributed by atoms with Gasteiger partial charge in [-0.2, -0.15) is 0 Å². The van der Waals surface area contributed by atoms with E-state index in [4.69, 9.17) is 23.2 Å². The molecule has 156 valence electrons. The summed E-state index contributed by atoms with van der Waals surface area (Å²) < 4.78 is 0. The summed E-state index contributed by atoms with van der Waals surface area (Å²) in [4.78, 5) is 28.6. The van der Waals surface area contributed by atoms with Gasteiger partial charge in [-0.15, -0.1) is 11.3 Å². The van der Waals surface area contributed by atoms with Crippen LogP contribution in [0, 0.1) is 5.92 Å². The average Bonchev–Trinajstić information content (AvgIpc) is 3.21. The Morgan fingerprint density at radius 1 is 1.28 bits per heavy atom. The molecule has 2 N–H and O–H groups in total. The van der Waals surface area contributed by atoms with Crippen LogP contribution in [0.5, 0.6) is 0 Å². The van der Waals surface area contributed by atoms with Gasteiger partial charge in [0, 0.05) is 24.5 Å². The molecular formula is C21H25Cl2N3O2S. The zero-order valence-corrected chi connectivity index (χ0v) is 18.6. The second-order valence-corrected chi connectivity index (χ2v) is 9.18. The molecule has 1 fully saturated rings. The van der Waals surface area contributed by atoms with Crippen molar-refractivity contribution >= 4 is 46.4 Å². The maximum absolute atomic E-state index is 12.4. The van der Waals surface area contributed by atoms with Crippen LogP contribution in [-0.2, 0) is 11.3 Å². The molecule has 1 aliphatic rings. The number of carbonyl (C=O) groups excluding carboxylic acids is 2. The zero-order chi connectivity index (χ0) is 20.8. The topological polar surface area (TPSA) is 61.4 Å². The van der Waals surface area contributed by atoms with Crippen molar-refractivity contribution in [3.05, 3.63) is 56.2 Å². The number of rotatable bonds is 7. The lowest BCUT2D eigenvalue weighted by Gasteiger charge is -2.32. The highest BCUT2D eigenvalue weighted by Gasteiger charge is 2.23. The second kappa shape index (κ2) is 10.4. The summed E-state index contributed by atoms with van der Waals surface area (Å²) in [5, 5.41) is 8.26. The lowest BCUT2D eigenvalue weighted by Crippen LogP contribution is -2.47. The van der Waals surface area contributed by atoms with E-state index in [0.29, 0.717) is 17.5 Å². The fraction of sp³-hybridized carbons (Fsp3) is 0.429. The van der Waals surface area contributed by atoms with E-state index in [0.717, 1.165) is 32.5 Å². The van der Waals surface area contributed by atoms with E-state index in [1.807, 2.05) is 0 Å². The van der Waals surface area contributed by atoms with Gasteiger partial charge in [-0.1, -0.05) is 35.3 Å². The zero-order valence-electron chi connectivity index (χ0n) is 16.3. The number of nitrogens with one attached hydrogen (secondary N) is 2. The number of piperidine rings is 1. The summed E-state index contributed by atoms with van der Waals surface area (Å²) in [6.07, 6.45) is 2.23. The fourth-order valence-electron chi connectivity index (χ4n) is 3.50. The van der Waals surface area contributed by atoms with Gasteiger partial charge < -0.3 is 10.6 Å². The van der Waals surface area contributed by atoms with E-state index in [1.54, 1.807) is 36.5 Å². The van der Waals surface area contributed by atoms with Gasteiger partial charge in [0.2, 0.25) is 5.91 Å². The fourth-order valence-corrected chi connectivity index (χ4v) is 4.63. The molecular weight excluding hydrogens is 429 g/mol. The van der Waals surface area contributed by atoms with Gasteiger partial charge in [0.15, 0.2) is 0 Å². The molecule has 2 amide bonds. The Labute approximate surface area is 185 Å². The Hall–Kier alpha value is -1.60. The summed E-state index contributed by atoms with van der Waals surface area (Å²) in [7, 11) is 0. The Morgan fingerprint density at radius 3 is 2.86 bits per heavy atom. The smallest absolute Gasteiger partial charge is 0.253 e. The van der Waals surface area contributed by atoms with Gasteiger partial charge in [-0.3, -0.25) is 14.5 Å². The van der Waals surface area contributed by atoms with Crippen molar-refractivity contribution < 1.29 is 9.59 Å². The predicted octanol–water partition coefficient (Wildman–Crippen LogP) is 4.20. The Bertz CT molecular complexity index is 844. The molecule has 0 radical (unpaired) electrons. The van der Waals surface area contributed by atoms with Gasteiger partial charge in [0.25, 0.3) is 5.91 Å². The normalized spacial score (nSPS) is 18.2. The van der Waals surface area contributed by atoms with Crippen LogP contribution in [0.4, 0.5) is 0 Å². The minimum absolute atomic E-state index is 0.187. The van der Waals surface area contributed by atoms with Gasteiger partial charge in [0.05, 0.1) is 15.6 Å². The van der Waals surface area contributed by atoms with E-state index >= 15 is 0 Å². The molecule has 0 spiro atoms. The monoisotopic (exact) mass is 453 g/mol. The van der Waals surface area contributed by atoms with E-state index in [1.165, 1.54) is 4.88 Å². The third-order valence-electron chi connectivity index (χ3n) is 5.06. The van der Waals surface area contributed by atoms with Crippen molar-refractivity contribution in [2.45, 2.75) is 32.4 Å². The predicted molar refractivity (Wildman–Crippen MR) is 119 cm³/mol. The van der Waals surface area contributed by atoms with Gasteiger partial charge in [0.1, 0.15) is 6.04 Å². The van der Waals surface area contributed by atoms with Gasteiger partial charge >= 0.3 is 0 Å². The van der Waals surface area contributed by atoms with E-state index in [-0.39, 0.29) is 16.5 Å². The molecule has 0 saturated carbocycles. The number of benzene rings is 1. The highest BCUT2D eigenvalue weighted by Crippen LogP contribution is 2.25. The molecule has 0 aliphatic carbocycles. The summed E-state index contributed by atoms with van der Waals surface area (Å²) in [6, 6.07) is 8.42. The van der Waals surface area contributed by atoms with Gasteiger partial charge in [-0.05, 0) is 55.8 Å². The number of halogens is 2. The summed E-state index contributed by atoms with van der Waals surface area (Å²) in [5.41, 5.74) is 0.260. The van der Waals surface area contributed by atoms with Crippen LogP contribution in [0.15, 0.2) is 35.7 Å². The van der Waals surface area contributed by atoms with Crippen LogP contribution in [0.2, 0.25) is 10.0 Å². The molecule has 2 heterocycles. The third kappa shape index (κ3) is 6.19. The molecule has 1 saturated heterocycles. The van der Waals surface area contributed by atoms with E-state index < -0.39 is 11.9 Å². The molecule has 1 aromatic heterocycles. The number of likely N-dealkylation sites (tertiary alicyclic amines) is 1. The molecule has 3 rings (SSSR count). The van der Waals surface area contributed by atoms with Crippen LogP contribution < -0.4 is 10.6 Å². The second-order valence-electron chi connectivity index (χ2n) is 7.36. The SMILES string of the molecule is CC(NC(=O)c1cccc(Cl)c1Cl)C(=O)NCC1CCCN(Cc2cccs2)C1. The molecule has 1 aromatic carbocycles. The number of amides is 2. The molecule has 8 heteroatoms. The molecule has 5 nitrogen and oxygen atoms in total. The minimum Gasteiger partial charge on any atom is -0.354 e. The lowest BCUT2D eigenvalue weighted by molar-refractivity contribution is -0.122. The van der Waals surface area contributed by atoms with Crippen molar-refractivity contribution in [1.82, 2.24) is 15.5 Å². The Balaban J connectivity index is 1.45. The molecule has 2 unspecified atom stereocenters. The van der Waals surface area contributed by atoms with Crippen molar-refractivity contribution in [2.24, 2.45) is 5.92 Å². The van der Waals surface area contributed by atoms with Crippen LogP contribution in [0.3, 0.4) is 0 Å². The number of carbonyl (C=O) groups is 2. The highest BCUT2D eigenvalue weighted by atomic mass is 35.5. The van der Waals surface area contributed by atoms with Crippen LogP contribution in [-0.4, -0.2) is 42.4 Å². The first kappa shape index (κ1) is 22.1. The summed E-state index contributed by atoms with van der Waals surface area (Å²) in [5.74, 6) is -0.204. The first-order valence-electron chi connectivity index (χ1n) is 9.71. The van der Waals surface area contributed by atoms with Crippen molar-refractivity contribution in [3.8, 4) is 0 Å². The first-order valence-corrected chi connectivity index (χ1v) is 11.3. The number of hydrogen-bond acceptors (Lipinski definition) is 4. The maximum Gasteiger partial charge on any atom is 0.253 e. The Morgan fingerprint density at radius 2 is 2.10 bits per heavy atom. The molecule has 2 atom stereocenters. The average molecular weight is 454 g/mol. The van der Waals surface area contributed by atoms with Gasteiger partial charge in [-0.25, -0.2) is 0 Å². The lowest BCUT2D eigenvalue weighted by atomic mass is 9.98. The quantitative estimate of drug-likeness (QED) is 0.659. The van der Waals surface area contributed by atoms with Crippen molar-refractivity contribution in [2.75, 3.05) is 19.6 Å². The largest absolute Gasteiger partial charge is 0.354 e. The summed E-state index contributed by atoms with van der Waals surface area (Å²) >= 11 is 13.8. The standard InChI is InChI=1S/C21H25Cl2N3O2S/c1-14(25-21(28)17-7-2-8-18(22)19(17)23)20(27)24-11-15-5-3-9-26(12-15)13-16-6-4-10-29-16/h2,4,6-8,10,14-15H,3,5,9,11-13H2,1H3,(H,24,27)(H,25,28). The minimum atomic E-state index is -0.664. The van der Waals surface area contributed by atoms with Crippen LogP contribution >= 0.6 is 34.5 Å². The molecule has 0 bridgehead atoms. The van der Waals surface area contributed by atoms with E-state index in [2.05, 4.69) is 33.0 Å². The number of thiophene rings is 1. The number of hydrogen-bond donors (Lipinski definition) is 2. The first-order chi connectivity index (χ1) is 13.9. The van der Waals surface area contributed by atoms with Crippen LogP contribution in [0.25, 0.3) is 0 Å². The third-order valence-corrected chi connectivity index (χ3v) is 6.74. The molecule has 1 aliphatic heterocycles. The summed E-state index contributed by atoms with van der Waals surface area (Å²) in [6.45, 7) is 5.30. The Kier molecular flexibility index (Phi) is 7.95. The molecule has 2 aromatic rings. The maximum atomic E-state index is 12.4. The number of nitrogens with zero attached hydrogens (tertiary/aromatic N) is 1. The van der Waals surface area contributed by atoms with Crippen LogP contribution in [0.1, 0.15) is 35.0 Å². The van der Waals surface area contributed by atoms with Crippen molar-refractivity contribution in [1.29, 1.82) is 0 Å². The highest BCUT2D eigenvalue weighted by molar-refractivity contribution is 7.09. The molecule has 29 heavy (non-hydrogen) atoms. The van der Waals surface area contributed by atoms with E-state index in [9.17, 15) is 9.59 Å². The van der Waals surface area contributed by atoms with Crippen molar-refractivity contribution in [3.63, 3.8) is 0 Å².